The summed E-state index contributed by atoms with van der Waals surface area (Å²) in [5.74, 6) is 0.895. The number of nitrogens with zero attached hydrogens (tertiary/aromatic N) is 2. The highest BCUT2D eigenvalue weighted by molar-refractivity contribution is 5.79. The lowest BCUT2D eigenvalue weighted by Gasteiger charge is -2.35. The summed E-state index contributed by atoms with van der Waals surface area (Å²) in [7, 11) is 5.89. The normalized spacial score (nSPS) is 30.1. The maximum absolute atomic E-state index is 4.13. The van der Waals surface area contributed by atoms with Gasteiger partial charge in [0.15, 0.2) is 5.96 Å². The number of hydrogen-bond donors (Lipinski definition) is 2. The molecule has 0 aromatic heterocycles. The van der Waals surface area contributed by atoms with Crippen molar-refractivity contribution < 1.29 is 0 Å². The Morgan fingerprint density at radius 1 is 1.50 bits per heavy atom. The minimum Gasteiger partial charge on any atom is -0.359 e. The average Bonchev–Trinajstić information content (AvgIpc) is 2.19. The van der Waals surface area contributed by atoms with Crippen LogP contribution in [0.5, 0.6) is 0 Å². The fraction of sp³-hybridized carbons (Fsp3) is 0.900. The lowest BCUT2D eigenvalue weighted by atomic mass is 9.99. The highest BCUT2D eigenvalue weighted by Gasteiger charge is 2.22. The summed E-state index contributed by atoms with van der Waals surface area (Å²) in [5, 5.41) is 6.47. The van der Waals surface area contributed by atoms with Crippen molar-refractivity contribution in [3.8, 4) is 0 Å². The van der Waals surface area contributed by atoms with Crippen molar-refractivity contribution in [1.82, 2.24) is 15.5 Å². The average molecular weight is 198 g/mol. The van der Waals surface area contributed by atoms with Gasteiger partial charge in [0.25, 0.3) is 0 Å². The molecule has 4 heteroatoms. The van der Waals surface area contributed by atoms with Gasteiger partial charge in [-0.3, -0.25) is 4.99 Å². The van der Waals surface area contributed by atoms with Crippen LogP contribution in [0.15, 0.2) is 4.99 Å². The van der Waals surface area contributed by atoms with Gasteiger partial charge in [-0.15, -0.1) is 0 Å². The molecule has 1 aliphatic rings. The molecule has 1 saturated heterocycles. The number of piperidine rings is 1. The first kappa shape index (κ1) is 11.3. The first-order valence-corrected chi connectivity index (χ1v) is 5.28. The van der Waals surface area contributed by atoms with E-state index in [2.05, 4.69) is 34.5 Å². The van der Waals surface area contributed by atoms with E-state index in [1.807, 2.05) is 7.05 Å². The molecular formula is C10H22N4. The molecule has 1 aliphatic heterocycles. The van der Waals surface area contributed by atoms with E-state index in [0.717, 1.165) is 5.96 Å². The van der Waals surface area contributed by atoms with E-state index in [4.69, 9.17) is 0 Å². The van der Waals surface area contributed by atoms with Crippen LogP contribution < -0.4 is 10.6 Å². The molecule has 0 spiro atoms. The lowest BCUT2D eigenvalue weighted by molar-refractivity contribution is 0.176. The van der Waals surface area contributed by atoms with Gasteiger partial charge in [-0.25, -0.2) is 0 Å². The van der Waals surface area contributed by atoms with Gasteiger partial charge in [0, 0.05) is 32.7 Å². The Morgan fingerprint density at radius 2 is 2.21 bits per heavy atom. The minimum atomic E-state index is 0.562. The number of rotatable bonds is 1. The first-order valence-electron chi connectivity index (χ1n) is 5.28. The number of guanidine groups is 1. The molecule has 82 valence electrons. The second kappa shape index (κ2) is 5.20. The number of aliphatic imine (C=N–C) groups is 1. The zero-order chi connectivity index (χ0) is 10.6. The Kier molecular flexibility index (Phi) is 4.20. The molecule has 4 nitrogen and oxygen atoms in total. The van der Waals surface area contributed by atoms with E-state index in [-0.39, 0.29) is 0 Å². The predicted octanol–water partition coefficient (Wildman–Crippen LogP) is 0.264. The summed E-state index contributed by atoms with van der Waals surface area (Å²) < 4.78 is 0. The van der Waals surface area contributed by atoms with Gasteiger partial charge in [0.1, 0.15) is 0 Å². The topological polar surface area (TPSA) is 39.7 Å². The smallest absolute Gasteiger partial charge is 0.190 e. The summed E-state index contributed by atoms with van der Waals surface area (Å²) in [6.07, 6.45) is 2.39. The molecule has 1 fully saturated rings. The van der Waals surface area contributed by atoms with E-state index < -0.39 is 0 Å². The predicted molar refractivity (Wildman–Crippen MR) is 60.7 cm³/mol. The van der Waals surface area contributed by atoms with Gasteiger partial charge >= 0.3 is 0 Å². The maximum atomic E-state index is 4.13. The third-order valence-electron chi connectivity index (χ3n) is 3.01. The Balaban J connectivity index is 2.40. The Morgan fingerprint density at radius 3 is 2.71 bits per heavy atom. The van der Waals surface area contributed by atoms with Crippen molar-refractivity contribution in [2.24, 2.45) is 4.99 Å². The zero-order valence-corrected chi connectivity index (χ0v) is 9.67. The third kappa shape index (κ3) is 2.87. The molecule has 0 radical (unpaired) electrons. The fourth-order valence-electron chi connectivity index (χ4n) is 1.86. The largest absolute Gasteiger partial charge is 0.359 e. The molecule has 2 unspecified atom stereocenters. The molecule has 2 atom stereocenters. The van der Waals surface area contributed by atoms with Gasteiger partial charge in [0.05, 0.1) is 0 Å². The summed E-state index contributed by atoms with van der Waals surface area (Å²) >= 11 is 0. The lowest BCUT2D eigenvalue weighted by Crippen LogP contribution is -2.49. The number of hydrogen-bond acceptors (Lipinski definition) is 2. The van der Waals surface area contributed by atoms with Gasteiger partial charge in [-0.2, -0.15) is 0 Å². The highest BCUT2D eigenvalue weighted by atomic mass is 15.2. The number of nitrogens with one attached hydrogen (secondary N) is 2. The van der Waals surface area contributed by atoms with E-state index in [1.165, 1.54) is 19.4 Å². The van der Waals surface area contributed by atoms with E-state index >= 15 is 0 Å². The standard InChI is InChI=1S/C10H22N4/c1-8-7-9(5-6-14(8)4)13-10(11-2)12-3/h8-9H,5-7H2,1-4H3,(H2,11,12,13). The summed E-state index contributed by atoms with van der Waals surface area (Å²) in [6.45, 7) is 3.44. The Hall–Kier alpha value is -0.770. The Bertz CT molecular complexity index is 202. The maximum Gasteiger partial charge on any atom is 0.190 e. The van der Waals surface area contributed by atoms with Crippen molar-refractivity contribution in [3.05, 3.63) is 0 Å². The minimum absolute atomic E-state index is 0.562. The highest BCUT2D eigenvalue weighted by Crippen LogP contribution is 2.14. The summed E-state index contributed by atoms with van der Waals surface area (Å²) in [4.78, 5) is 6.53. The molecule has 0 bridgehead atoms. The van der Waals surface area contributed by atoms with Crippen LogP contribution in [-0.2, 0) is 0 Å². The van der Waals surface area contributed by atoms with Crippen LogP contribution in [0, 0.1) is 0 Å². The molecule has 0 amide bonds. The van der Waals surface area contributed by atoms with Crippen molar-refractivity contribution in [2.75, 3.05) is 27.7 Å². The summed E-state index contributed by atoms with van der Waals surface area (Å²) in [5.41, 5.74) is 0. The molecule has 1 heterocycles. The summed E-state index contributed by atoms with van der Waals surface area (Å²) in [6, 6.07) is 1.23. The van der Waals surface area contributed by atoms with Crippen LogP contribution in [0.1, 0.15) is 19.8 Å². The van der Waals surface area contributed by atoms with Crippen LogP contribution in [0.2, 0.25) is 0 Å². The fourth-order valence-corrected chi connectivity index (χ4v) is 1.86. The van der Waals surface area contributed by atoms with Crippen molar-refractivity contribution >= 4 is 5.96 Å². The van der Waals surface area contributed by atoms with Crippen molar-refractivity contribution in [3.63, 3.8) is 0 Å². The van der Waals surface area contributed by atoms with E-state index in [0.29, 0.717) is 12.1 Å². The first-order chi connectivity index (χ1) is 6.67. The van der Waals surface area contributed by atoms with Gasteiger partial charge in [-0.05, 0) is 26.8 Å². The van der Waals surface area contributed by atoms with E-state index in [1.54, 1.807) is 7.05 Å². The second-order valence-corrected chi connectivity index (χ2v) is 4.02. The molecule has 14 heavy (non-hydrogen) atoms. The van der Waals surface area contributed by atoms with Crippen molar-refractivity contribution in [2.45, 2.75) is 31.8 Å². The van der Waals surface area contributed by atoms with Gasteiger partial charge in [-0.1, -0.05) is 0 Å². The molecule has 0 aliphatic carbocycles. The van der Waals surface area contributed by atoms with Crippen LogP contribution in [0.4, 0.5) is 0 Å². The quantitative estimate of drug-likeness (QED) is 0.469. The number of likely N-dealkylation sites (tertiary alicyclic amines) is 1. The van der Waals surface area contributed by atoms with E-state index in [9.17, 15) is 0 Å². The molecule has 0 aromatic carbocycles. The van der Waals surface area contributed by atoms with Crippen LogP contribution in [0.3, 0.4) is 0 Å². The van der Waals surface area contributed by atoms with Gasteiger partial charge in [0.2, 0.25) is 0 Å². The monoisotopic (exact) mass is 198 g/mol. The molecule has 1 rings (SSSR count). The van der Waals surface area contributed by atoms with Crippen LogP contribution >= 0.6 is 0 Å². The molecule has 0 saturated carbocycles. The zero-order valence-electron chi connectivity index (χ0n) is 9.67. The third-order valence-corrected chi connectivity index (χ3v) is 3.01. The molecular weight excluding hydrogens is 176 g/mol. The second-order valence-electron chi connectivity index (χ2n) is 4.02. The SMILES string of the molecule is CN=C(NC)NC1CCN(C)C(C)C1. The van der Waals surface area contributed by atoms with Crippen LogP contribution in [0.25, 0.3) is 0 Å². The van der Waals surface area contributed by atoms with Crippen molar-refractivity contribution in [1.29, 1.82) is 0 Å². The Labute approximate surface area is 86.8 Å². The molecule has 0 aromatic rings. The van der Waals surface area contributed by atoms with Crippen LogP contribution in [-0.4, -0.2) is 50.6 Å². The van der Waals surface area contributed by atoms with Gasteiger partial charge < -0.3 is 15.5 Å². The molecule has 2 N–H and O–H groups in total.